The monoisotopic (exact) mass is 2010 g/mol. The number of nitrogens with zero attached hydrogens (tertiary/aromatic N) is 16. The lowest BCUT2D eigenvalue weighted by molar-refractivity contribution is 0.180. The molecule has 1 saturated carbocycles. The Labute approximate surface area is 843 Å². The summed E-state index contributed by atoms with van der Waals surface area (Å²) in [6, 6.07) is 87.6. The molecule has 143 heavy (non-hydrogen) atoms. The van der Waals surface area contributed by atoms with Crippen molar-refractivity contribution in [2.24, 2.45) is 0 Å². The number of halogens is 10. The van der Waals surface area contributed by atoms with Crippen LogP contribution in [0.15, 0.2) is 327 Å². The number of aryl methyl sites for hydroxylation is 2. The van der Waals surface area contributed by atoms with E-state index in [1.54, 1.807) is 231 Å². The number of methoxy groups -OCH3 is 1. The molecule has 0 saturated heterocycles. The minimum Gasteiger partial charge on any atom is -0.378 e. The summed E-state index contributed by atoms with van der Waals surface area (Å²) in [4.78, 5) is 86.6. The van der Waals surface area contributed by atoms with Gasteiger partial charge in [0.05, 0.1) is 105 Å². The van der Waals surface area contributed by atoms with Crippen LogP contribution in [0, 0.1) is 36.7 Å². The number of fused-ring (bicyclic) bond motifs is 5. The molecule has 1 fully saturated rings. The lowest BCUT2D eigenvalue weighted by atomic mass is 10.1. The summed E-state index contributed by atoms with van der Waals surface area (Å²) in [6.45, 7) is 4.99. The van der Waals surface area contributed by atoms with Crippen molar-refractivity contribution in [3.8, 4) is 56.3 Å². The Bertz CT molecular complexity index is 8610. The van der Waals surface area contributed by atoms with E-state index in [9.17, 15) is 45.9 Å². The van der Waals surface area contributed by atoms with E-state index in [0.29, 0.717) is 137 Å². The highest BCUT2D eigenvalue weighted by molar-refractivity contribution is 6.31. The van der Waals surface area contributed by atoms with Crippen LogP contribution < -0.4 is 27.8 Å². The highest BCUT2D eigenvalue weighted by Crippen LogP contribution is 2.41. The number of pyridine rings is 5. The molecule has 0 unspecified atom stereocenters. The fourth-order valence-corrected chi connectivity index (χ4v) is 16.8. The second-order valence-corrected chi connectivity index (χ2v) is 36.0. The van der Waals surface area contributed by atoms with Crippen molar-refractivity contribution in [2.45, 2.75) is 84.9 Å². The van der Waals surface area contributed by atoms with Gasteiger partial charge in [-0.2, -0.15) is 47.4 Å². The predicted molar refractivity (Wildman–Crippen MR) is 553 cm³/mol. The standard InChI is InChI=1S/C23H20ClFN4O.C23H17ClFN3O.C22H17ClFN3O2.C22H17ClFN3O.C21H15ClFN3O/c1-28(2)14-17-11-12-20(22(25)26-17)21-18-5-3-4-6-19(18)23(30)29(27-21)13-15-7-9-16(24)10-8-15;24-16-9-5-14(6-10-16)13-28-23(29)18-4-2-1-3-17(18)21(27-28)19-11-12-20(15-7-8-15)26-22(19)25;1-29-13-16-10-11-19(21(24)25-16)20-17-4-2-3-5-18(17)22(28)27(26-20)12-14-6-8-15(23)9-7-14;1-2-16-11-12-19(21(24)25-16)20-17-5-3-4-6-18(17)22(28)27(26-20)13-14-7-9-15(23)10-8-14;1-13-6-11-18(20(23)24-13)19-16-4-2-3-5-17(16)21(27)26(25-19)12-14-7-9-15(22)10-8-14/h3-12H,13-14H2,1-2H3;1-6,9-12,15H,7-8,13H2;2-11H,12-13H2,1H3;3-12H,2,13H2,1H3;2-11H,12H2,1H3/i;;;2D2;. The number of benzene rings is 10. The molecule has 10 aromatic heterocycles. The molecule has 0 N–H and O–H groups in total. The average Bonchev–Trinajstić information content (AvgIpc) is 1.77. The molecule has 1 aliphatic carbocycles. The zero-order valence-corrected chi connectivity index (χ0v) is 81.0. The molecule has 1 aliphatic rings. The van der Waals surface area contributed by atoms with Crippen molar-refractivity contribution in [3.63, 3.8) is 0 Å². The van der Waals surface area contributed by atoms with Gasteiger partial charge in [0.15, 0.2) is 0 Å². The Morgan fingerprint density at radius 2 is 0.552 bits per heavy atom. The third kappa shape index (κ3) is 23.3. The van der Waals surface area contributed by atoms with Crippen molar-refractivity contribution in [3.05, 3.63) is 466 Å². The van der Waals surface area contributed by atoms with E-state index in [4.69, 9.17) is 65.5 Å². The van der Waals surface area contributed by atoms with Crippen LogP contribution in [0.3, 0.4) is 0 Å². The predicted octanol–water partition coefficient (Wildman–Crippen LogP) is 23.5. The highest BCUT2D eigenvalue weighted by atomic mass is 35.5. The highest BCUT2D eigenvalue weighted by Gasteiger charge is 2.28. The Morgan fingerprint density at radius 1 is 0.315 bits per heavy atom. The van der Waals surface area contributed by atoms with Gasteiger partial charge in [0.2, 0.25) is 29.7 Å². The molecule has 0 amide bonds. The number of aromatic nitrogens is 15. The minimum atomic E-state index is -1.78. The molecule has 0 radical (unpaired) electrons. The molecule has 20 aromatic rings. The lowest BCUT2D eigenvalue weighted by Crippen LogP contribution is -2.24. The lowest BCUT2D eigenvalue weighted by Gasteiger charge is -2.13. The van der Waals surface area contributed by atoms with Crippen LogP contribution in [0.4, 0.5) is 22.0 Å². The molecule has 716 valence electrons. The molecule has 0 bridgehead atoms. The summed E-state index contributed by atoms with van der Waals surface area (Å²) < 4.78 is 101. The normalized spacial score (nSPS) is 12.0. The zero-order chi connectivity index (χ0) is 102. The van der Waals surface area contributed by atoms with Crippen molar-refractivity contribution in [1.29, 1.82) is 0 Å². The number of hydrogen-bond acceptors (Lipinski definition) is 17. The molecule has 21 rings (SSSR count). The maximum atomic E-state index is 14.9. The largest absolute Gasteiger partial charge is 0.378 e. The third-order valence-corrected chi connectivity index (χ3v) is 24.6. The number of ether oxygens (including phenoxy) is 1. The maximum absolute atomic E-state index is 14.9. The minimum absolute atomic E-state index is 0.0115. The van der Waals surface area contributed by atoms with E-state index in [-0.39, 0.29) is 101 Å². The number of rotatable bonds is 21. The van der Waals surface area contributed by atoms with Gasteiger partial charge in [0.1, 0.15) is 28.5 Å². The van der Waals surface area contributed by atoms with Gasteiger partial charge in [0, 0.05) is 91.4 Å². The van der Waals surface area contributed by atoms with Crippen LogP contribution in [0.2, 0.25) is 25.1 Å². The summed E-state index contributed by atoms with van der Waals surface area (Å²) in [7, 11) is 5.32. The van der Waals surface area contributed by atoms with E-state index in [1.807, 2.05) is 85.7 Å². The molecule has 0 spiro atoms. The van der Waals surface area contributed by atoms with Gasteiger partial charge < -0.3 is 9.64 Å². The second-order valence-electron chi connectivity index (χ2n) is 33.8. The Kier molecular flexibility index (Phi) is 30.1. The van der Waals surface area contributed by atoms with Gasteiger partial charge in [0.25, 0.3) is 27.8 Å². The SMILES string of the molecule is CN(C)Cc1ccc(-c2nn(Cc3ccc(Cl)cc3)c(=O)c3ccccc23)c(F)n1.COCc1ccc(-c2nn(Cc3ccc(Cl)cc3)c(=O)c3ccccc23)c(F)n1.Cc1ccc(-c2nn(Cc3ccc(Cl)cc3)c(=O)c3ccccc23)c(F)n1.O=c1c2ccccc2c(-c2ccc(C3CC3)nc2F)nn1Cc1ccc(Cl)cc1.[2H]C([2H])(C)c1ccc(-c2nn(Cc3ccc(Cl)cc3)c(=O)c3ccccc23)c(F)n1. The molecule has 10 heterocycles. The van der Waals surface area contributed by atoms with Crippen molar-refractivity contribution < 1.29 is 29.4 Å². The fraction of sp³-hybridized carbons (Fsp3) is 0.144. The molecule has 22 nitrogen and oxygen atoms in total. The van der Waals surface area contributed by atoms with E-state index < -0.39 is 36.1 Å². The van der Waals surface area contributed by atoms with Gasteiger partial charge in [-0.1, -0.05) is 217 Å². The van der Waals surface area contributed by atoms with Crippen LogP contribution in [0.1, 0.15) is 84.7 Å². The summed E-state index contributed by atoms with van der Waals surface area (Å²) in [5.74, 6) is -2.90. The Morgan fingerprint density at radius 3 is 0.804 bits per heavy atom. The second kappa shape index (κ2) is 44.6. The molecule has 0 aliphatic heterocycles. The molecular weight excluding hydrogens is 1930 g/mol. The van der Waals surface area contributed by atoms with Gasteiger partial charge in [-0.3, -0.25) is 24.0 Å². The summed E-state index contributed by atoms with van der Waals surface area (Å²) in [5, 5.41) is 30.7. The van der Waals surface area contributed by atoms with Crippen LogP contribution in [0.5, 0.6) is 0 Å². The average molecular weight is 2010 g/mol. The first-order valence-electron chi connectivity index (χ1n) is 46.0. The summed E-state index contributed by atoms with van der Waals surface area (Å²) in [6.07, 6.45) is 0.333. The molecule has 0 atom stereocenters. The van der Waals surface area contributed by atoms with Crippen LogP contribution in [-0.2, 0) is 57.0 Å². The molecule has 32 heteroatoms. The van der Waals surface area contributed by atoms with E-state index >= 15 is 0 Å². The van der Waals surface area contributed by atoms with Gasteiger partial charge in [-0.05, 0) is 220 Å². The van der Waals surface area contributed by atoms with E-state index in [0.717, 1.165) is 46.4 Å². The van der Waals surface area contributed by atoms with Crippen molar-refractivity contribution in [2.75, 3.05) is 21.2 Å². The summed E-state index contributed by atoms with van der Waals surface area (Å²) in [5.41, 5.74) is 8.53. The van der Waals surface area contributed by atoms with Gasteiger partial charge in [-0.15, -0.1) is 0 Å². The van der Waals surface area contributed by atoms with Gasteiger partial charge >= 0.3 is 0 Å². The van der Waals surface area contributed by atoms with Crippen LogP contribution >= 0.6 is 58.0 Å². The maximum Gasteiger partial charge on any atom is 0.274 e. The zero-order valence-electron chi connectivity index (χ0n) is 79.2. The molecule has 10 aromatic carbocycles. The van der Waals surface area contributed by atoms with Crippen molar-refractivity contribution >= 4 is 112 Å². The smallest absolute Gasteiger partial charge is 0.274 e. The van der Waals surface area contributed by atoms with E-state index in [2.05, 4.69) is 50.4 Å². The first-order valence-corrected chi connectivity index (χ1v) is 46.9. The third-order valence-electron chi connectivity index (χ3n) is 23.4. The fourth-order valence-electron chi connectivity index (χ4n) is 16.1. The van der Waals surface area contributed by atoms with E-state index in [1.165, 1.54) is 49.6 Å². The first-order chi connectivity index (χ1) is 69.8. The summed E-state index contributed by atoms with van der Waals surface area (Å²) >= 11 is 29.7. The Balaban J connectivity index is 0.000000124. The topological polar surface area (TPSA) is 251 Å². The number of hydrogen-bond donors (Lipinski definition) is 0. The van der Waals surface area contributed by atoms with Gasteiger partial charge in [-0.25, -0.2) is 48.3 Å². The van der Waals surface area contributed by atoms with Crippen molar-refractivity contribution in [1.82, 2.24) is 78.7 Å². The quantitative estimate of drug-likeness (QED) is 0.0479. The first kappa shape index (κ1) is 96.5. The molecular formula is C111H86Cl5F5N16O6. The Hall–Kier alpha value is -15.3. The van der Waals surface area contributed by atoms with Crippen LogP contribution in [-0.4, -0.2) is 99.9 Å². The van der Waals surface area contributed by atoms with Crippen LogP contribution in [0.25, 0.3) is 110 Å².